The number of imidazole rings is 1. The van der Waals surface area contributed by atoms with E-state index < -0.39 is 0 Å². The summed E-state index contributed by atoms with van der Waals surface area (Å²) in [5, 5.41) is 0.851. The van der Waals surface area contributed by atoms with Gasteiger partial charge in [-0.15, -0.1) is 0 Å². The number of carbonyl (C=O) groups excluding carboxylic acids is 1. The number of amides is 1. The summed E-state index contributed by atoms with van der Waals surface area (Å²) in [5.74, 6) is 0.352. The zero-order valence-electron chi connectivity index (χ0n) is 18.3. The molecule has 0 aliphatic carbocycles. The summed E-state index contributed by atoms with van der Waals surface area (Å²) in [4.78, 5) is 37.1. The zero-order valence-corrected chi connectivity index (χ0v) is 19.9. The number of likely N-dealkylation sites (tertiary alicyclic amines) is 2. The van der Waals surface area contributed by atoms with Crippen molar-refractivity contribution in [2.24, 2.45) is 5.92 Å². The molecule has 2 aliphatic rings. The van der Waals surface area contributed by atoms with Crippen LogP contribution in [0.1, 0.15) is 37.3 Å². The minimum atomic E-state index is -0.158. The van der Waals surface area contributed by atoms with Gasteiger partial charge >= 0.3 is 5.69 Å². The van der Waals surface area contributed by atoms with E-state index >= 15 is 0 Å². The lowest BCUT2D eigenvalue weighted by Gasteiger charge is -2.37. The van der Waals surface area contributed by atoms with Crippen molar-refractivity contribution in [3.8, 4) is 0 Å². The predicted molar refractivity (Wildman–Crippen MR) is 130 cm³/mol. The fraction of sp³-hybridized carbons (Fsp3) is 0.458. The van der Waals surface area contributed by atoms with Gasteiger partial charge < -0.3 is 9.88 Å². The van der Waals surface area contributed by atoms with E-state index in [0.29, 0.717) is 28.7 Å². The van der Waals surface area contributed by atoms with Gasteiger partial charge in [0, 0.05) is 44.0 Å². The highest BCUT2D eigenvalue weighted by atomic mass is 35.5. The Kier molecular flexibility index (Phi) is 6.45. The van der Waals surface area contributed by atoms with Crippen molar-refractivity contribution in [1.29, 1.82) is 0 Å². The van der Waals surface area contributed by atoms with Gasteiger partial charge in [0.25, 0.3) is 0 Å². The molecule has 4 heterocycles. The largest absolute Gasteiger partial charge is 0.342 e. The molecule has 7 nitrogen and oxygen atoms in total. The van der Waals surface area contributed by atoms with E-state index in [1.807, 2.05) is 29.4 Å². The van der Waals surface area contributed by atoms with Crippen LogP contribution in [0.4, 0.5) is 0 Å². The molecule has 0 atom stereocenters. The molecule has 0 bridgehead atoms. The summed E-state index contributed by atoms with van der Waals surface area (Å²) < 4.78 is 1.77. The van der Waals surface area contributed by atoms with E-state index in [2.05, 4.69) is 14.9 Å². The number of nitrogens with one attached hydrogen (secondary N) is 1. The van der Waals surface area contributed by atoms with E-state index in [-0.39, 0.29) is 23.6 Å². The molecule has 1 N–H and O–H groups in total. The van der Waals surface area contributed by atoms with Gasteiger partial charge in [0.15, 0.2) is 0 Å². The number of pyridine rings is 1. The number of benzene rings is 1. The van der Waals surface area contributed by atoms with Crippen LogP contribution in [0.2, 0.25) is 10.0 Å². The van der Waals surface area contributed by atoms with Gasteiger partial charge in [-0.05, 0) is 68.6 Å². The number of carbonyl (C=O) groups is 1. The van der Waals surface area contributed by atoms with E-state index in [9.17, 15) is 9.59 Å². The average Bonchev–Trinajstić information content (AvgIpc) is 3.14. The lowest BCUT2D eigenvalue weighted by atomic mass is 9.93. The summed E-state index contributed by atoms with van der Waals surface area (Å²) in [5.41, 5.74) is 2.55. The van der Waals surface area contributed by atoms with Crippen LogP contribution in [-0.4, -0.2) is 56.4 Å². The molecule has 1 aromatic carbocycles. The van der Waals surface area contributed by atoms with E-state index in [1.165, 1.54) is 5.56 Å². The normalized spacial score (nSPS) is 18.8. The maximum absolute atomic E-state index is 13.2. The number of halogens is 2. The monoisotopic (exact) mass is 487 g/mol. The van der Waals surface area contributed by atoms with E-state index in [1.54, 1.807) is 16.7 Å². The lowest BCUT2D eigenvalue weighted by Crippen LogP contribution is -2.46. The Hall–Kier alpha value is -2.35. The molecule has 174 valence electrons. The number of aromatic nitrogens is 3. The first kappa shape index (κ1) is 22.4. The molecule has 0 spiro atoms. The van der Waals surface area contributed by atoms with Crippen molar-refractivity contribution >= 4 is 40.1 Å². The third-order valence-corrected chi connectivity index (χ3v) is 7.71. The number of piperidine rings is 2. The molecule has 0 unspecified atom stereocenters. The number of aromatic amines is 1. The highest BCUT2D eigenvalue weighted by Gasteiger charge is 2.32. The Morgan fingerprint density at radius 2 is 1.67 bits per heavy atom. The van der Waals surface area contributed by atoms with Crippen LogP contribution in [-0.2, 0) is 11.3 Å². The smallest absolute Gasteiger partial charge is 0.326 e. The number of hydrogen-bond donors (Lipinski definition) is 1. The summed E-state index contributed by atoms with van der Waals surface area (Å²) in [6.45, 7) is 4.11. The van der Waals surface area contributed by atoms with Crippen LogP contribution in [0.5, 0.6) is 0 Å². The Bertz CT molecular complexity index is 1190. The Balaban J connectivity index is 1.18. The van der Waals surface area contributed by atoms with Gasteiger partial charge in [-0.2, -0.15) is 0 Å². The average molecular weight is 488 g/mol. The van der Waals surface area contributed by atoms with Crippen molar-refractivity contribution < 1.29 is 4.79 Å². The quantitative estimate of drug-likeness (QED) is 0.600. The molecular weight excluding hydrogens is 461 g/mol. The predicted octanol–water partition coefficient (Wildman–Crippen LogP) is 4.11. The van der Waals surface area contributed by atoms with Gasteiger partial charge in [-0.3, -0.25) is 19.2 Å². The molecular formula is C24H27Cl2N5O2. The molecule has 0 radical (unpaired) electrons. The first-order valence-corrected chi connectivity index (χ1v) is 12.2. The summed E-state index contributed by atoms with van der Waals surface area (Å²) in [6, 6.07) is 7.56. The molecule has 5 rings (SSSR count). The van der Waals surface area contributed by atoms with Crippen molar-refractivity contribution in [3.05, 3.63) is 62.8 Å². The summed E-state index contributed by atoms with van der Waals surface area (Å²) in [6.07, 6.45) is 6.93. The van der Waals surface area contributed by atoms with Crippen LogP contribution in [0.3, 0.4) is 0 Å². The zero-order chi connectivity index (χ0) is 22.9. The first-order chi connectivity index (χ1) is 16.0. The standard InChI is InChI=1S/C24H27Cl2N5O2/c25-19-13-21-22(14-20(19)26)31(24(33)28-21)18-5-11-30(12-6-18)23(32)17-3-9-29(10-4-17)15-16-1-7-27-8-2-16/h1-2,7-8,13-14,17-18H,3-6,9-12,15H2,(H,28,33). The van der Waals surface area contributed by atoms with Gasteiger partial charge in [0.2, 0.25) is 5.91 Å². The van der Waals surface area contributed by atoms with Crippen LogP contribution in [0.25, 0.3) is 11.0 Å². The van der Waals surface area contributed by atoms with E-state index in [0.717, 1.165) is 50.8 Å². The maximum Gasteiger partial charge on any atom is 0.326 e. The van der Waals surface area contributed by atoms with Crippen LogP contribution in [0.15, 0.2) is 41.5 Å². The minimum absolute atomic E-state index is 0.0368. The van der Waals surface area contributed by atoms with Crippen LogP contribution in [0, 0.1) is 5.92 Å². The summed E-state index contributed by atoms with van der Waals surface area (Å²) >= 11 is 12.3. The number of hydrogen-bond acceptors (Lipinski definition) is 4. The molecule has 0 saturated carbocycles. The second kappa shape index (κ2) is 9.49. The molecule has 2 saturated heterocycles. The maximum atomic E-state index is 13.2. The summed E-state index contributed by atoms with van der Waals surface area (Å²) in [7, 11) is 0. The van der Waals surface area contributed by atoms with Crippen molar-refractivity contribution in [3.63, 3.8) is 0 Å². The molecule has 3 aromatic rings. The molecule has 2 aromatic heterocycles. The number of H-pyrrole nitrogens is 1. The fourth-order valence-electron chi connectivity index (χ4n) is 5.17. The Morgan fingerprint density at radius 1 is 1.00 bits per heavy atom. The number of nitrogens with zero attached hydrogens (tertiary/aromatic N) is 4. The van der Waals surface area contributed by atoms with Crippen molar-refractivity contribution in [2.75, 3.05) is 26.2 Å². The number of rotatable bonds is 4. The number of fused-ring (bicyclic) bond motifs is 1. The molecule has 2 aliphatic heterocycles. The second-order valence-electron chi connectivity index (χ2n) is 9.05. The molecule has 9 heteroatoms. The first-order valence-electron chi connectivity index (χ1n) is 11.5. The van der Waals surface area contributed by atoms with Crippen molar-refractivity contribution in [2.45, 2.75) is 38.3 Å². The third kappa shape index (κ3) is 4.67. The topological polar surface area (TPSA) is 74.2 Å². The van der Waals surface area contributed by atoms with Gasteiger partial charge in [-0.25, -0.2) is 4.79 Å². The molecule has 33 heavy (non-hydrogen) atoms. The van der Waals surface area contributed by atoms with Gasteiger partial charge in [0.1, 0.15) is 0 Å². The SMILES string of the molecule is O=C(C1CCN(Cc2ccncc2)CC1)N1CCC(n2c(=O)[nH]c3cc(Cl)c(Cl)cc32)CC1. The highest BCUT2D eigenvalue weighted by Crippen LogP contribution is 2.31. The second-order valence-corrected chi connectivity index (χ2v) is 9.86. The Labute approximate surface area is 202 Å². The fourth-order valence-corrected chi connectivity index (χ4v) is 5.49. The molecule has 2 fully saturated rings. The lowest BCUT2D eigenvalue weighted by molar-refractivity contribution is -0.138. The Morgan fingerprint density at radius 3 is 2.36 bits per heavy atom. The van der Waals surface area contributed by atoms with Crippen LogP contribution < -0.4 is 5.69 Å². The minimum Gasteiger partial charge on any atom is -0.342 e. The molecule has 1 amide bonds. The van der Waals surface area contributed by atoms with Crippen molar-refractivity contribution in [1.82, 2.24) is 24.3 Å². The van der Waals surface area contributed by atoms with Gasteiger partial charge in [-0.1, -0.05) is 23.2 Å². The van der Waals surface area contributed by atoms with E-state index in [4.69, 9.17) is 23.2 Å². The van der Waals surface area contributed by atoms with Gasteiger partial charge in [0.05, 0.1) is 21.1 Å². The van der Waals surface area contributed by atoms with Crippen LogP contribution >= 0.6 is 23.2 Å². The highest BCUT2D eigenvalue weighted by molar-refractivity contribution is 6.42. The third-order valence-electron chi connectivity index (χ3n) is 6.99.